The van der Waals surface area contributed by atoms with Crippen LogP contribution in [0.15, 0.2) is 120 Å². The van der Waals surface area contributed by atoms with E-state index in [1.165, 1.54) is 36.0 Å². The molecule has 9 nitrogen and oxygen atoms in total. The van der Waals surface area contributed by atoms with Gasteiger partial charge in [0.15, 0.2) is 0 Å². The molecule has 3 N–H and O–H groups in total. The summed E-state index contributed by atoms with van der Waals surface area (Å²) in [6.07, 6.45) is 1.60. The van der Waals surface area contributed by atoms with Gasteiger partial charge in [-0.1, -0.05) is 48.5 Å². The summed E-state index contributed by atoms with van der Waals surface area (Å²) >= 11 is 1.32. The van der Waals surface area contributed by atoms with Crippen LogP contribution in [0.3, 0.4) is 0 Å². The Morgan fingerprint density at radius 3 is 1.95 bits per heavy atom. The largest absolute Gasteiger partial charge is 0.325 e. The van der Waals surface area contributed by atoms with E-state index < -0.39 is 22.0 Å². The van der Waals surface area contributed by atoms with Gasteiger partial charge in [-0.05, 0) is 67.1 Å². The van der Waals surface area contributed by atoms with Crippen molar-refractivity contribution in [1.29, 1.82) is 0 Å². The predicted octanol–water partition coefficient (Wildman–Crippen LogP) is 6.12. The maximum atomic E-state index is 13.2. The number of carbonyl (C=O) groups is 3. The van der Waals surface area contributed by atoms with Crippen molar-refractivity contribution < 1.29 is 19.3 Å². The lowest BCUT2D eigenvalue weighted by molar-refractivity contribution is -0.384. The lowest BCUT2D eigenvalue weighted by Crippen LogP contribution is -2.30. The predicted molar refractivity (Wildman–Crippen MR) is 160 cm³/mol. The summed E-state index contributed by atoms with van der Waals surface area (Å²) in [7, 11) is 0. The molecule has 0 aliphatic rings. The molecule has 4 rings (SSSR count). The molecule has 1 unspecified atom stereocenters. The number of nitro groups is 1. The fourth-order valence-electron chi connectivity index (χ4n) is 3.64. The first-order valence-corrected chi connectivity index (χ1v) is 13.4. The number of nitrogens with one attached hydrogen (secondary N) is 3. The number of rotatable bonds is 10. The molecule has 0 aliphatic heterocycles. The molecule has 10 heteroatoms. The van der Waals surface area contributed by atoms with Gasteiger partial charge in [0.2, 0.25) is 5.91 Å². The summed E-state index contributed by atoms with van der Waals surface area (Å²) in [4.78, 5) is 49.6. The van der Waals surface area contributed by atoms with Gasteiger partial charge in [-0.15, -0.1) is 11.8 Å². The molecule has 0 aromatic heterocycles. The summed E-state index contributed by atoms with van der Waals surface area (Å²) in [6.45, 7) is 1.75. The first-order valence-electron chi connectivity index (χ1n) is 12.5. The lowest BCUT2D eigenvalue weighted by Gasteiger charge is -2.13. The minimum atomic E-state index is -0.503. The Morgan fingerprint density at radius 1 is 0.780 bits per heavy atom. The number of benzene rings is 4. The van der Waals surface area contributed by atoms with Gasteiger partial charge in [0.1, 0.15) is 5.70 Å². The van der Waals surface area contributed by atoms with Crippen molar-refractivity contribution in [2.45, 2.75) is 17.1 Å². The van der Waals surface area contributed by atoms with Crippen LogP contribution in [0.1, 0.15) is 22.8 Å². The molecule has 0 radical (unpaired) electrons. The van der Waals surface area contributed by atoms with Crippen molar-refractivity contribution in [3.63, 3.8) is 0 Å². The van der Waals surface area contributed by atoms with Gasteiger partial charge >= 0.3 is 0 Å². The standard InChI is InChI=1S/C31H26N4O5S/c1-21(29(36)32-24-12-16-26(17-13-24)35(39)40)41-27-18-14-25(15-19-27)33-31(38)28(20-22-8-4-2-5-9-22)34-30(37)23-10-6-3-7-11-23/h2-21H,1H3,(H,32,36)(H,33,38)(H,34,37)/b28-20-. The van der Waals surface area contributed by atoms with E-state index in [1.54, 1.807) is 67.6 Å². The molecule has 0 spiro atoms. The smallest absolute Gasteiger partial charge is 0.272 e. The van der Waals surface area contributed by atoms with Crippen LogP contribution in [0, 0.1) is 10.1 Å². The molecule has 0 bridgehead atoms. The van der Waals surface area contributed by atoms with E-state index in [0.29, 0.717) is 16.9 Å². The Kier molecular flexibility index (Phi) is 9.63. The van der Waals surface area contributed by atoms with Crippen molar-refractivity contribution in [3.8, 4) is 0 Å². The van der Waals surface area contributed by atoms with Crippen molar-refractivity contribution in [1.82, 2.24) is 5.32 Å². The number of thioether (sulfide) groups is 1. The zero-order chi connectivity index (χ0) is 29.2. The van der Waals surface area contributed by atoms with Crippen molar-refractivity contribution in [2.75, 3.05) is 10.6 Å². The van der Waals surface area contributed by atoms with Gasteiger partial charge in [-0.3, -0.25) is 24.5 Å². The lowest BCUT2D eigenvalue weighted by atomic mass is 10.1. The van der Waals surface area contributed by atoms with Crippen LogP contribution in [0.4, 0.5) is 17.1 Å². The maximum absolute atomic E-state index is 13.2. The van der Waals surface area contributed by atoms with E-state index >= 15 is 0 Å². The minimum Gasteiger partial charge on any atom is -0.325 e. The third kappa shape index (κ3) is 8.38. The quantitative estimate of drug-likeness (QED) is 0.0917. The first-order chi connectivity index (χ1) is 19.8. The maximum Gasteiger partial charge on any atom is 0.272 e. The highest BCUT2D eigenvalue weighted by Crippen LogP contribution is 2.26. The van der Waals surface area contributed by atoms with E-state index in [0.717, 1.165) is 10.5 Å². The highest BCUT2D eigenvalue weighted by molar-refractivity contribution is 8.00. The fraction of sp³-hybridized carbons (Fsp3) is 0.0645. The van der Waals surface area contributed by atoms with Crippen LogP contribution >= 0.6 is 11.8 Å². The number of non-ortho nitro benzene ring substituents is 1. The molecular weight excluding hydrogens is 540 g/mol. The summed E-state index contributed by atoms with van der Waals surface area (Å²) in [6, 6.07) is 30.4. The third-order valence-electron chi connectivity index (χ3n) is 5.78. The average molecular weight is 567 g/mol. The molecule has 41 heavy (non-hydrogen) atoms. The van der Waals surface area contributed by atoms with Crippen LogP contribution in [-0.4, -0.2) is 27.9 Å². The molecule has 0 saturated heterocycles. The summed E-state index contributed by atoms with van der Waals surface area (Å²) in [5, 5.41) is 18.6. The molecule has 0 aliphatic carbocycles. The van der Waals surface area contributed by atoms with E-state index in [-0.39, 0.29) is 17.3 Å². The van der Waals surface area contributed by atoms with Gasteiger partial charge in [0.05, 0.1) is 10.2 Å². The second kappa shape index (κ2) is 13.7. The van der Waals surface area contributed by atoms with Gasteiger partial charge in [0.25, 0.3) is 17.5 Å². The van der Waals surface area contributed by atoms with Crippen LogP contribution in [0.5, 0.6) is 0 Å². The molecule has 3 amide bonds. The van der Waals surface area contributed by atoms with Crippen molar-refractivity contribution in [3.05, 3.63) is 136 Å². The van der Waals surface area contributed by atoms with E-state index in [1.807, 2.05) is 30.3 Å². The Hall–Kier alpha value is -5.22. The number of hydrogen-bond acceptors (Lipinski definition) is 6. The minimum absolute atomic E-state index is 0.0566. The van der Waals surface area contributed by atoms with Crippen molar-refractivity contribution >= 4 is 52.6 Å². The average Bonchev–Trinajstić information content (AvgIpc) is 2.99. The van der Waals surface area contributed by atoms with E-state index in [4.69, 9.17) is 0 Å². The Balaban J connectivity index is 1.39. The highest BCUT2D eigenvalue weighted by atomic mass is 32.2. The van der Waals surface area contributed by atoms with Crippen LogP contribution in [-0.2, 0) is 9.59 Å². The number of nitro benzene ring substituents is 1. The highest BCUT2D eigenvalue weighted by Gasteiger charge is 2.17. The summed E-state index contributed by atoms with van der Waals surface area (Å²) < 4.78 is 0. The molecule has 4 aromatic rings. The van der Waals surface area contributed by atoms with E-state index in [9.17, 15) is 24.5 Å². The van der Waals surface area contributed by atoms with Gasteiger partial charge < -0.3 is 16.0 Å². The zero-order valence-electron chi connectivity index (χ0n) is 21.9. The Labute approximate surface area is 240 Å². The van der Waals surface area contributed by atoms with Gasteiger partial charge in [0, 0.05) is 34.0 Å². The first kappa shape index (κ1) is 28.8. The molecular formula is C31H26N4O5S. The van der Waals surface area contributed by atoms with E-state index in [2.05, 4.69) is 16.0 Å². The van der Waals surface area contributed by atoms with Crippen LogP contribution < -0.4 is 16.0 Å². The molecule has 0 saturated carbocycles. The van der Waals surface area contributed by atoms with Crippen molar-refractivity contribution in [2.24, 2.45) is 0 Å². The number of hydrogen-bond donors (Lipinski definition) is 3. The SMILES string of the molecule is CC(Sc1ccc(NC(=O)/C(=C/c2ccccc2)NC(=O)c2ccccc2)cc1)C(=O)Nc1ccc([N+](=O)[O-])cc1. The molecule has 1 atom stereocenters. The second-order valence-corrected chi connectivity index (χ2v) is 10.2. The number of nitrogens with zero attached hydrogens (tertiary/aromatic N) is 1. The van der Waals surface area contributed by atoms with Crippen LogP contribution in [0.25, 0.3) is 6.08 Å². The topological polar surface area (TPSA) is 130 Å². The molecule has 0 fully saturated rings. The van der Waals surface area contributed by atoms with Gasteiger partial charge in [-0.25, -0.2) is 0 Å². The Morgan fingerprint density at radius 2 is 1.34 bits per heavy atom. The number of amides is 3. The molecule has 4 aromatic carbocycles. The number of anilines is 2. The summed E-state index contributed by atoms with van der Waals surface area (Å²) in [5.74, 6) is -1.16. The van der Waals surface area contributed by atoms with Crippen LogP contribution in [0.2, 0.25) is 0 Å². The van der Waals surface area contributed by atoms with Gasteiger partial charge in [-0.2, -0.15) is 0 Å². The third-order valence-corrected chi connectivity index (χ3v) is 6.89. The Bertz CT molecular complexity index is 1560. The fourth-order valence-corrected chi connectivity index (χ4v) is 4.51. The molecule has 206 valence electrons. The summed E-state index contributed by atoms with van der Waals surface area (Å²) in [5.41, 5.74) is 2.17. The molecule has 0 heterocycles. The zero-order valence-corrected chi connectivity index (χ0v) is 22.8. The second-order valence-electron chi connectivity index (χ2n) is 8.82. The normalized spacial score (nSPS) is 11.7. The monoisotopic (exact) mass is 566 g/mol. The number of carbonyl (C=O) groups excluding carboxylic acids is 3.